The quantitative estimate of drug-likeness (QED) is 0.654. The topological polar surface area (TPSA) is 84.3 Å². The van der Waals surface area contributed by atoms with E-state index in [1.54, 1.807) is 41.2 Å². The van der Waals surface area contributed by atoms with Gasteiger partial charge in [-0.05, 0) is 48.7 Å². The van der Waals surface area contributed by atoms with Crippen LogP contribution in [0, 0.1) is 5.82 Å². The van der Waals surface area contributed by atoms with Crippen molar-refractivity contribution in [2.45, 2.75) is 24.3 Å². The second-order valence-electron chi connectivity index (χ2n) is 7.08. The van der Waals surface area contributed by atoms with Gasteiger partial charge in [0.05, 0.1) is 16.9 Å². The van der Waals surface area contributed by atoms with E-state index < -0.39 is 21.7 Å². The average Bonchev–Trinajstić information content (AvgIpc) is 3.46. The minimum absolute atomic E-state index is 0.104. The van der Waals surface area contributed by atoms with Crippen LogP contribution in [0.3, 0.4) is 0 Å². The van der Waals surface area contributed by atoms with E-state index in [2.05, 4.69) is 10.3 Å². The minimum atomic E-state index is -3.60. The van der Waals surface area contributed by atoms with E-state index in [0.29, 0.717) is 24.3 Å². The first-order valence-electron chi connectivity index (χ1n) is 9.60. The summed E-state index contributed by atoms with van der Waals surface area (Å²) in [6.45, 7) is 1.11. The van der Waals surface area contributed by atoms with Gasteiger partial charge in [-0.1, -0.05) is 12.1 Å². The number of halogens is 1. The SMILES string of the molecule is O=C(NCc1ccc(-n2ccnc2)c(F)c1)c1cccc(S(=O)(=O)N2CCCC2)c1. The lowest BCUT2D eigenvalue weighted by Crippen LogP contribution is -2.28. The number of benzene rings is 2. The molecular weight excluding hydrogens is 407 g/mol. The molecule has 1 amide bonds. The van der Waals surface area contributed by atoms with Gasteiger partial charge in [-0.25, -0.2) is 17.8 Å². The number of sulfonamides is 1. The van der Waals surface area contributed by atoms with Crippen LogP contribution in [0.2, 0.25) is 0 Å². The summed E-state index contributed by atoms with van der Waals surface area (Å²) in [4.78, 5) is 16.5. The third kappa shape index (κ3) is 4.12. The van der Waals surface area contributed by atoms with Gasteiger partial charge < -0.3 is 9.88 Å². The zero-order chi connectivity index (χ0) is 21.1. The number of hydrogen-bond acceptors (Lipinski definition) is 4. The van der Waals surface area contributed by atoms with E-state index in [0.717, 1.165) is 12.8 Å². The molecule has 0 spiro atoms. The Morgan fingerprint density at radius 1 is 1.13 bits per heavy atom. The van der Waals surface area contributed by atoms with Gasteiger partial charge in [0.1, 0.15) is 5.82 Å². The summed E-state index contributed by atoms with van der Waals surface area (Å²) in [5, 5.41) is 2.71. The predicted molar refractivity (Wildman–Crippen MR) is 109 cm³/mol. The maximum absolute atomic E-state index is 14.4. The standard InChI is InChI=1S/C21H21FN4O3S/c22-19-12-16(6-7-20(19)25-11-8-23-15-25)14-24-21(27)17-4-3-5-18(13-17)30(28,29)26-9-1-2-10-26/h3-8,11-13,15H,1-2,9-10,14H2,(H,24,27). The fraction of sp³-hybridized carbons (Fsp3) is 0.238. The normalized spacial score (nSPS) is 14.7. The van der Waals surface area contributed by atoms with Crippen LogP contribution in [0.5, 0.6) is 0 Å². The van der Waals surface area contributed by atoms with Crippen LogP contribution in [0.1, 0.15) is 28.8 Å². The van der Waals surface area contributed by atoms with Crippen LogP contribution in [0.25, 0.3) is 5.69 Å². The summed E-state index contributed by atoms with van der Waals surface area (Å²) in [6.07, 6.45) is 6.39. The molecule has 0 bridgehead atoms. The molecule has 7 nitrogen and oxygen atoms in total. The Morgan fingerprint density at radius 3 is 2.63 bits per heavy atom. The molecule has 1 saturated heterocycles. The first-order valence-corrected chi connectivity index (χ1v) is 11.0. The molecule has 0 unspecified atom stereocenters. The second kappa shape index (κ2) is 8.37. The van der Waals surface area contributed by atoms with Crippen molar-refractivity contribution in [2.75, 3.05) is 13.1 Å². The summed E-state index contributed by atoms with van der Waals surface area (Å²) in [7, 11) is -3.60. The molecule has 0 saturated carbocycles. The van der Waals surface area contributed by atoms with Crippen LogP contribution in [-0.2, 0) is 16.6 Å². The van der Waals surface area contributed by atoms with Gasteiger partial charge >= 0.3 is 0 Å². The molecule has 30 heavy (non-hydrogen) atoms. The molecule has 1 N–H and O–H groups in total. The summed E-state index contributed by atoms with van der Waals surface area (Å²) in [5.74, 6) is -0.856. The van der Waals surface area contributed by atoms with Crippen molar-refractivity contribution in [3.63, 3.8) is 0 Å². The maximum atomic E-state index is 14.4. The van der Waals surface area contributed by atoms with Gasteiger partial charge in [-0.15, -0.1) is 0 Å². The molecule has 1 aliphatic rings. The fourth-order valence-electron chi connectivity index (χ4n) is 3.43. The third-order valence-electron chi connectivity index (χ3n) is 5.05. The number of carbonyl (C=O) groups excluding carboxylic acids is 1. The molecule has 0 aliphatic carbocycles. The number of rotatable bonds is 6. The molecule has 9 heteroatoms. The van der Waals surface area contributed by atoms with Crippen LogP contribution >= 0.6 is 0 Å². The first-order chi connectivity index (χ1) is 14.4. The highest BCUT2D eigenvalue weighted by molar-refractivity contribution is 7.89. The molecule has 1 aromatic heterocycles. The maximum Gasteiger partial charge on any atom is 0.251 e. The summed E-state index contributed by atoms with van der Waals surface area (Å²) < 4.78 is 42.8. The molecule has 0 atom stereocenters. The van der Waals surface area contributed by atoms with E-state index in [1.165, 1.54) is 28.8 Å². The van der Waals surface area contributed by atoms with Gasteiger partial charge in [0.2, 0.25) is 10.0 Å². The Kier molecular flexibility index (Phi) is 5.65. The Labute approximate surface area is 174 Å². The lowest BCUT2D eigenvalue weighted by molar-refractivity contribution is 0.0950. The first kappa shape index (κ1) is 20.2. The number of nitrogens with one attached hydrogen (secondary N) is 1. The van der Waals surface area contributed by atoms with E-state index >= 15 is 0 Å². The summed E-state index contributed by atoms with van der Waals surface area (Å²) in [5.41, 5.74) is 1.19. The van der Waals surface area contributed by atoms with Crippen molar-refractivity contribution in [3.8, 4) is 5.69 Å². The number of hydrogen-bond donors (Lipinski definition) is 1. The molecule has 2 heterocycles. The highest BCUT2D eigenvalue weighted by atomic mass is 32.2. The van der Waals surface area contributed by atoms with Gasteiger partial charge in [-0.2, -0.15) is 4.31 Å². The number of imidazole rings is 1. The number of amides is 1. The molecular formula is C21H21FN4O3S. The van der Waals surface area contributed by atoms with Crippen LogP contribution in [0.4, 0.5) is 4.39 Å². The zero-order valence-electron chi connectivity index (χ0n) is 16.2. The van der Waals surface area contributed by atoms with Gasteiger partial charge in [0, 0.05) is 37.6 Å². The third-order valence-corrected chi connectivity index (χ3v) is 6.94. The van der Waals surface area contributed by atoms with Crippen molar-refractivity contribution in [1.82, 2.24) is 19.2 Å². The van der Waals surface area contributed by atoms with E-state index in [9.17, 15) is 17.6 Å². The van der Waals surface area contributed by atoms with Crippen molar-refractivity contribution < 1.29 is 17.6 Å². The van der Waals surface area contributed by atoms with Gasteiger partial charge in [-0.3, -0.25) is 4.79 Å². The Balaban J connectivity index is 1.45. The Hall–Kier alpha value is -3.04. The summed E-state index contributed by atoms with van der Waals surface area (Å²) >= 11 is 0. The van der Waals surface area contributed by atoms with E-state index in [1.807, 2.05) is 0 Å². The largest absolute Gasteiger partial charge is 0.348 e. The fourth-order valence-corrected chi connectivity index (χ4v) is 4.99. The van der Waals surface area contributed by atoms with Crippen LogP contribution in [-0.4, -0.2) is 41.3 Å². The molecule has 2 aromatic carbocycles. The zero-order valence-corrected chi connectivity index (χ0v) is 17.0. The molecule has 1 fully saturated rings. The van der Waals surface area contributed by atoms with Gasteiger partial charge in [0.15, 0.2) is 0 Å². The Morgan fingerprint density at radius 2 is 1.93 bits per heavy atom. The molecule has 3 aromatic rings. The number of aromatic nitrogens is 2. The molecule has 4 rings (SSSR count). The highest BCUT2D eigenvalue weighted by Gasteiger charge is 2.27. The number of nitrogens with zero attached hydrogens (tertiary/aromatic N) is 3. The number of carbonyl (C=O) groups is 1. The lowest BCUT2D eigenvalue weighted by Gasteiger charge is -2.16. The highest BCUT2D eigenvalue weighted by Crippen LogP contribution is 2.21. The monoisotopic (exact) mass is 428 g/mol. The van der Waals surface area contributed by atoms with E-state index in [-0.39, 0.29) is 17.0 Å². The van der Waals surface area contributed by atoms with Crippen molar-refractivity contribution in [1.29, 1.82) is 0 Å². The predicted octanol–water partition coefficient (Wildman–Crippen LogP) is 2.73. The molecule has 0 radical (unpaired) electrons. The van der Waals surface area contributed by atoms with Crippen molar-refractivity contribution in [3.05, 3.63) is 78.1 Å². The smallest absolute Gasteiger partial charge is 0.251 e. The lowest BCUT2D eigenvalue weighted by atomic mass is 10.1. The second-order valence-corrected chi connectivity index (χ2v) is 9.02. The molecule has 1 aliphatic heterocycles. The average molecular weight is 428 g/mol. The Bertz CT molecular complexity index is 1160. The van der Waals surface area contributed by atoms with Crippen molar-refractivity contribution >= 4 is 15.9 Å². The van der Waals surface area contributed by atoms with Crippen LogP contribution in [0.15, 0.2) is 66.1 Å². The van der Waals surface area contributed by atoms with Crippen molar-refractivity contribution in [2.24, 2.45) is 0 Å². The minimum Gasteiger partial charge on any atom is -0.348 e. The molecule has 156 valence electrons. The van der Waals surface area contributed by atoms with Gasteiger partial charge in [0.25, 0.3) is 5.91 Å². The summed E-state index contributed by atoms with van der Waals surface area (Å²) in [6, 6.07) is 10.7. The van der Waals surface area contributed by atoms with Crippen LogP contribution < -0.4 is 5.32 Å². The van der Waals surface area contributed by atoms with E-state index in [4.69, 9.17) is 0 Å².